The van der Waals surface area contributed by atoms with E-state index in [2.05, 4.69) is 4.72 Å². The molecule has 1 aromatic rings. The molecule has 0 aromatic heterocycles. The molecular formula is C11H16FNO3S. The molecule has 0 amide bonds. The first kappa shape index (κ1) is 14.1. The second kappa shape index (κ2) is 6.68. The fourth-order valence-corrected chi connectivity index (χ4v) is 2.37. The van der Waals surface area contributed by atoms with Crippen molar-refractivity contribution in [1.82, 2.24) is 4.72 Å². The molecule has 0 spiro atoms. The minimum Gasteiger partial charge on any atom is -0.392 e. The van der Waals surface area contributed by atoms with E-state index in [0.717, 1.165) is 11.1 Å². The maximum atomic E-state index is 11.9. The van der Waals surface area contributed by atoms with E-state index < -0.39 is 16.7 Å². The molecule has 0 saturated carbocycles. The number of aliphatic hydroxyl groups excluding tert-OH is 1. The number of rotatable bonds is 7. The summed E-state index contributed by atoms with van der Waals surface area (Å²) >= 11 is 0. The van der Waals surface area contributed by atoms with Gasteiger partial charge in [0.05, 0.1) is 19.0 Å². The summed E-state index contributed by atoms with van der Waals surface area (Å²) in [7, 11) is -3.41. The largest absolute Gasteiger partial charge is 0.392 e. The average molecular weight is 261 g/mol. The zero-order valence-corrected chi connectivity index (χ0v) is 10.2. The predicted molar refractivity (Wildman–Crippen MR) is 63.6 cm³/mol. The molecular weight excluding hydrogens is 245 g/mol. The van der Waals surface area contributed by atoms with Crippen molar-refractivity contribution in [2.75, 3.05) is 12.4 Å². The SMILES string of the molecule is O=S(=O)(CCCF)NCc1cccc(CO)c1. The van der Waals surface area contributed by atoms with E-state index >= 15 is 0 Å². The van der Waals surface area contributed by atoms with Crippen molar-refractivity contribution in [3.05, 3.63) is 35.4 Å². The Labute approximate surface area is 101 Å². The highest BCUT2D eigenvalue weighted by atomic mass is 32.2. The van der Waals surface area contributed by atoms with Crippen LogP contribution in [0.25, 0.3) is 0 Å². The fourth-order valence-electron chi connectivity index (χ4n) is 1.35. The van der Waals surface area contributed by atoms with Crippen LogP contribution in [0.1, 0.15) is 17.5 Å². The van der Waals surface area contributed by atoms with Gasteiger partial charge in [-0.2, -0.15) is 0 Å². The van der Waals surface area contributed by atoms with Crippen LogP contribution in [0.3, 0.4) is 0 Å². The van der Waals surface area contributed by atoms with E-state index in [1.165, 1.54) is 0 Å². The lowest BCUT2D eigenvalue weighted by atomic mass is 10.1. The Bertz CT molecular complexity index is 448. The van der Waals surface area contributed by atoms with Crippen LogP contribution in [0.2, 0.25) is 0 Å². The Balaban J connectivity index is 2.54. The third-order valence-electron chi connectivity index (χ3n) is 2.22. The second-order valence-corrected chi connectivity index (χ2v) is 5.59. The van der Waals surface area contributed by atoms with Gasteiger partial charge in [0.25, 0.3) is 0 Å². The zero-order valence-electron chi connectivity index (χ0n) is 9.39. The van der Waals surface area contributed by atoms with E-state index in [-0.39, 0.29) is 25.3 Å². The number of alkyl halides is 1. The Kier molecular flexibility index (Phi) is 5.54. The smallest absolute Gasteiger partial charge is 0.211 e. The van der Waals surface area contributed by atoms with Crippen LogP contribution in [0, 0.1) is 0 Å². The Morgan fingerprint density at radius 2 is 2.00 bits per heavy atom. The lowest BCUT2D eigenvalue weighted by Crippen LogP contribution is -2.26. The molecule has 0 saturated heterocycles. The van der Waals surface area contributed by atoms with Gasteiger partial charge in [0.2, 0.25) is 10.0 Å². The molecule has 0 unspecified atom stereocenters. The first-order valence-corrected chi connectivity index (χ1v) is 6.94. The predicted octanol–water partition coefficient (Wildman–Crippen LogP) is 0.958. The molecule has 0 aliphatic carbocycles. The fraction of sp³-hybridized carbons (Fsp3) is 0.455. The molecule has 0 atom stereocenters. The van der Waals surface area contributed by atoms with Crippen LogP contribution in [-0.4, -0.2) is 26.0 Å². The van der Waals surface area contributed by atoms with Gasteiger partial charge in [-0.3, -0.25) is 4.39 Å². The summed E-state index contributed by atoms with van der Waals surface area (Å²) in [5.41, 5.74) is 1.49. The number of aliphatic hydroxyl groups is 1. The van der Waals surface area contributed by atoms with Crippen molar-refractivity contribution < 1.29 is 17.9 Å². The van der Waals surface area contributed by atoms with Gasteiger partial charge in [-0.25, -0.2) is 13.1 Å². The number of nitrogens with one attached hydrogen (secondary N) is 1. The van der Waals surface area contributed by atoms with E-state index in [0.29, 0.717) is 0 Å². The van der Waals surface area contributed by atoms with Crippen molar-refractivity contribution >= 4 is 10.0 Å². The maximum absolute atomic E-state index is 11.9. The summed E-state index contributed by atoms with van der Waals surface area (Å²) in [5.74, 6) is -0.205. The number of hydrogen-bond donors (Lipinski definition) is 2. The molecule has 0 fully saturated rings. The molecule has 4 nitrogen and oxygen atoms in total. The molecule has 0 aliphatic rings. The lowest BCUT2D eigenvalue weighted by molar-refractivity contribution is 0.281. The molecule has 0 aliphatic heterocycles. The minimum absolute atomic E-state index is 0.00597. The standard InChI is InChI=1S/C11H16FNO3S/c12-5-2-6-17(15,16)13-8-10-3-1-4-11(7-10)9-14/h1,3-4,7,13-14H,2,5-6,8-9H2. The van der Waals surface area contributed by atoms with Gasteiger partial charge in [-0.05, 0) is 17.5 Å². The van der Waals surface area contributed by atoms with Crippen LogP contribution < -0.4 is 4.72 Å². The topological polar surface area (TPSA) is 66.4 Å². The normalized spacial score (nSPS) is 11.6. The molecule has 0 bridgehead atoms. The van der Waals surface area contributed by atoms with Crippen LogP contribution in [0.4, 0.5) is 4.39 Å². The van der Waals surface area contributed by atoms with Crippen molar-refractivity contribution in [1.29, 1.82) is 0 Å². The van der Waals surface area contributed by atoms with Crippen LogP contribution in [0.5, 0.6) is 0 Å². The van der Waals surface area contributed by atoms with Gasteiger partial charge in [0.15, 0.2) is 0 Å². The van der Waals surface area contributed by atoms with E-state index in [4.69, 9.17) is 5.11 Å². The quantitative estimate of drug-likeness (QED) is 0.768. The van der Waals surface area contributed by atoms with Crippen molar-refractivity contribution in [3.8, 4) is 0 Å². The molecule has 1 rings (SSSR count). The summed E-state index contributed by atoms with van der Waals surface area (Å²) in [4.78, 5) is 0. The Morgan fingerprint density at radius 3 is 2.65 bits per heavy atom. The van der Waals surface area contributed by atoms with Gasteiger partial charge < -0.3 is 5.11 Å². The number of halogens is 1. The molecule has 0 heterocycles. The summed E-state index contributed by atoms with van der Waals surface area (Å²) < 4.78 is 37.0. The second-order valence-electron chi connectivity index (χ2n) is 3.66. The van der Waals surface area contributed by atoms with Gasteiger partial charge >= 0.3 is 0 Å². The van der Waals surface area contributed by atoms with Crippen LogP contribution in [-0.2, 0) is 23.2 Å². The summed E-state index contributed by atoms with van der Waals surface area (Å²) in [6, 6.07) is 6.98. The molecule has 96 valence electrons. The van der Waals surface area contributed by atoms with Crippen LogP contribution >= 0.6 is 0 Å². The van der Waals surface area contributed by atoms with Gasteiger partial charge in [0.1, 0.15) is 0 Å². The van der Waals surface area contributed by atoms with Gasteiger partial charge in [-0.15, -0.1) is 0 Å². The Hall–Kier alpha value is -0.980. The molecule has 6 heteroatoms. The van der Waals surface area contributed by atoms with Crippen LogP contribution in [0.15, 0.2) is 24.3 Å². The maximum Gasteiger partial charge on any atom is 0.211 e. The monoisotopic (exact) mass is 261 g/mol. The van der Waals surface area contributed by atoms with Crippen molar-refractivity contribution in [3.63, 3.8) is 0 Å². The number of benzene rings is 1. The highest BCUT2D eigenvalue weighted by Crippen LogP contribution is 2.05. The van der Waals surface area contributed by atoms with E-state index in [1.54, 1.807) is 24.3 Å². The average Bonchev–Trinajstić information content (AvgIpc) is 2.34. The highest BCUT2D eigenvalue weighted by molar-refractivity contribution is 7.89. The van der Waals surface area contributed by atoms with Gasteiger partial charge in [0, 0.05) is 6.54 Å². The number of sulfonamides is 1. The van der Waals surface area contributed by atoms with Crippen molar-refractivity contribution in [2.45, 2.75) is 19.6 Å². The van der Waals surface area contributed by atoms with Crippen molar-refractivity contribution in [2.24, 2.45) is 0 Å². The minimum atomic E-state index is -3.41. The molecule has 0 radical (unpaired) electrons. The van der Waals surface area contributed by atoms with E-state index in [1.807, 2.05) is 0 Å². The first-order chi connectivity index (χ1) is 8.07. The molecule has 17 heavy (non-hydrogen) atoms. The lowest BCUT2D eigenvalue weighted by Gasteiger charge is -2.06. The van der Waals surface area contributed by atoms with Gasteiger partial charge in [-0.1, -0.05) is 24.3 Å². The molecule has 2 N–H and O–H groups in total. The summed E-state index contributed by atoms with van der Waals surface area (Å²) in [5, 5.41) is 8.93. The van der Waals surface area contributed by atoms with E-state index in [9.17, 15) is 12.8 Å². The third kappa shape index (κ3) is 5.25. The third-order valence-corrected chi connectivity index (χ3v) is 3.63. The molecule has 1 aromatic carbocycles. The zero-order chi connectivity index (χ0) is 12.7. The number of hydrogen-bond acceptors (Lipinski definition) is 3. The summed E-state index contributed by atoms with van der Waals surface area (Å²) in [6.07, 6.45) is 0.00597. The first-order valence-electron chi connectivity index (χ1n) is 5.29. The highest BCUT2D eigenvalue weighted by Gasteiger charge is 2.09. The summed E-state index contributed by atoms with van der Waals surface area (Å²) in [6.45, 7) is -0.564. The Morgan fingerprint density at radius 1 is 1.29 bits per heavy atom.